The highest BCUT2D eigenvalue weighted by Gasteiger charge is 2.37. The van der Waals surface area contributed by atoms with Crippen molar-refractivity contribution in [3.05, 3.63) is 119 Å². The molecule has 0 bridgehead atoms. The molecule has 0 fully saturated rings. The van der Waals surface area contributed by atoms with Gasteiger partial charge in [-0.2, -0.15) is 0 Å². The number of carbonyl (C=O) groups excluding carboxylic acids is 2. The molecule has 0 spiro atoms. The number of rotatable bonds is 19. The molecule has 0 radical (unpaired) electrons. The molecule has 4 aromatic carbocycles. The van der Waals surface area contributed by atoms with Crippen LogP contribution in [0.3, 0.4) is 0 Å². The van der Waals surface area contributed by atoms with E-state index in [0.717, 1.165) is 44.1 Å². The topological polar surface area (TPSA) is 85.3 Å². The summed E-state index contributed by atoms with van der Waals surface area (Å²) in [6.45, 7) is 4.92. The number of amides is 1. The van der Waals surface area contributed by atoms with E-state index < -0.39 is 24.1 Å². The molecule has 7 nitrogen and oxygen atoms in total. The first-order valence-corrected chi connectivity index (χ1v) is 16.7. The van der Waals surface area contributed by atoms with Crippen LogP contribution in [0.4, 0.5) is 0 Å². The van der Waals surface area contributed by atoms with Crippen LogP contribution in [0.5, 0.6) is 0 Å². The third kappa shape index (κ3) is 11.3. The number of aliphatic hydroxyl groups excluding tert-OH is 1. The number of nitrogens with zero attached hydrogens (tertiary/aromatic N) is 1. The van der Waals surface area contributed by atoms with E-state index in [0.29, 0.717) is 19.4 Å². The number of ether oxygens (including phenoxy) is 2. The Balaban J connectivity index is 1.32. The van der Waals surface area contributed by atoms with Gasteiger partial charge >= 0.3 is 5.97 Å². The summed E-state index contributed by atoms with van der Waals surface area (Å²) < 4.78 is 10.7. The van der Waals surface area contributed by atoms with Crippen molar-refractivity contribution in [3.8, 4) is 0 Å². The molecule has 4 rings (SSSR count). The fourth-order valence-electron chi connectivity index (χ4n) is 5.58. The number of aryl methyl sites for hydroxylation is 4. The number of benzene rings is 4. The molecule has 0 aliphatic rings. The van der Waals surface area contributed by atoms with Gasteiger partial charge in [-0.3, -0.25) is 9.63 Å². The number of methoxy groups -OCH3 is 1. The first-order valence-electron chi connectivity index (χ1n) is 16.7. The van der Waals surface area contributed by atoms with E-state index >= 15 is 0 Å². The maximum Gasteiger partial charge on any atom is 0.338 e. The van der Waals surface area contributed by atoms with Gasteiger partial charge in [-0.25, -0.2) is 9.86 Å². The summed E-state index contributed by atoms with van der Waals surface area (Å²) in [5.74, 6) is -1.51. The van der Waals surface area contributed by atoms with Gasteiger partial charge in [0.05, 0.1) is 7.11 Å². The number of fused-ring (bicyclic) bond motifs is 1. The number of unbranched alkanes of at least 4 members (excludes halogenated alkanes) is 4. The number of hydroxylamine groups is 2. The Morgan fingerprint density at radius 1 is 0.702 bits per heavy atom. The number of hydrogen-bond donors (Lipinski definition) is 1. The van der Waals surface area contributed by atoms with Crippen LogP contribution >= 0.6 is 0 Å². The van der Waals surface area contributed by atoms with Crippen molar-refractivity contribution in [2.45, 2.75) is 84.0 Å². The summed E-state index contributed by atoms with van der Waals surface area (Å²) in [7, 11) is 1.18. The number of carbonyl (C=O) groups is 2. The smallest absolute Gasteiger partial charge is 0.338 e. The normalized spacial score (nSPS) is 12.5. The quantitative estimate of drug-likeness (QED) is 0.0651. The van der Waals surface area contributed by atoms with Crippen LogP contribution in [0.25, 0.3) is 10.8 Å². The van der Waals surface area contributed by atoms with E-state index in [1.807, 2.05) is 36.4 Å². The highest BCUT2D eigenvalue weighted by Crippen LogP contribution is 2.19. The zero-order valence-corrected chi connectivity index (χ0v) is 28.0. The fourth-order valence-corrected chi connectivity index (χ4v) is 5.58. The number of hydrogen-bond acceptors (Lipinski definition) is 6. The summed E-state index contributed by atoms with van der Waals surface area (Å²) in [6.07, 6.45) is 3.73. The predicted molar refractivity (Wildman–Crippen MR) is 186 cm³/mol. The second-order valence-corrected chi connectivity index (χ2v) is 12.2. The minimum absolute atomic E-state index is 0.170. The lowest BCUT2D eigenvalue weighted by Crippen LogP contribution is -2.49. The van der Waals surface area contributed by atoms with E-state index in [4.69, 9.17) is 14.3 Å². The second kappa shape index (κ2) is 18.9. The van der Waals surface area contributed by atoms with Gasteiger partial charge in [0.15, 0.2) is 12.2 Å². The molecule has 47 heavy (non-hydrogen) atoms. The first kappa shape index (κ1) is 35.8. The van der Waals surface area contributed by atoms with Gasteiger partial charge in [-0.05, 0) is 91.0 Å². The van der Waals surface area contributed by atoms with Crippen LogP contribution in [0.2, 0.25) is 0 Å². The molecule has 250 valence electrons. The summed E-state index contributed by atoms with van der Waals surface area (Å²) in [5, 5.41) is 14.5. The molecule has 4 aromatic rings. The van der Waals surface area contributed by atoms with Gasteiger partial charge in [0.1, 0.15) is 6.61 Å². The van der Waals surface area contributed by atoms with Crippen molar-refractivity contribution in [2.24, 2.45) is 0 Å². The number of esters is 1. The van der Waals surface area contributed by atoms with Crippen LogP contribution in [0.1, 0.15) is 66.3 Å². The summed E-state index contributed by atoms with van der Waals surface area (Å²) in [6, 6.07) is 31.0. The molecule has 1 amide bonds. The lowest BCUT2D eigenvalue weighted by atomic mass is 10.0. The van der Waals surface area contributed by atoms with Gasteiger partial charge in [-0.15, -0.1) is 0 Å². The molecule has 1 N–H and O–H groups in total. The van der Waals surface area contributed by atoms with Crippen LogP contribution in [-0.2, 0) is 43.3 Å². The second-order valence-electron chi connectivity index (χ2n) is 12.2. The van der Waals surface area contributed by atoms with Crippen molar-refractivity contribution in [1.82, 2.24) is 5.06 Å². The van der Waals surface area contributed by atoms with Crippen molar-refractivity contribution in [2.75, 3.05) is 20.3 Å². The van der Waals surface area contributed by atoms with Crippen LogP contribution < -0.4 is 0 Å². The Bertz CT molecular complexity index is 1560. The molecule has 0 saturated heterocycles. The molecule has 0 saturated carbocycles. The Hall–Kier alpha value is -4.04. The lowest BCUT2D eigenvalue weighted by Gasteiger charge is -2.28. The lowest BCUT2D eigenvalue weighted by molar-refractivity contribution is -0.210. The molecule has 0 aliphatic heterocycles. The predicted octanol–water partition coefficient (Wildman–Crippen LogP) is 7.46. The molecule has 2 atom stereocenters. The molecule has 0 aliphatic carbocycles. The van der Waals surface area contributed by atoms with E-state index in [-0.39, 0.29) is 13.2 Å². The third-order valence-electron chi connectivity index (χ3n) is 8.57. The van der Waals surface area contributed by atoms with E-state index in [2.05, 4.69) is 68.4 Å². The summed E-state index contributed by atoms with van der Waals surface area (Å²) in [5.41, 5.74) is 6.04. The maximum atomic E-state index is 13.8. The van der Waals surface area contributed by atoms with Crippen molar-refractivity contribution in [3.63, 3.8) is 0 Å². The zero-order valence-electron chi connectivity index (χ0n) is 28.0. The number of aliphatic hydroxyl groups is 1. The van der Waals surface area contributed by atoms with Gasteiger partial charge in [0.2, 0.25) is 0 Å². The largest absolute Gasteiger partial charge is 0.467 e. The Morgan fingerprint density at radius 2 is 1.36 bits per heavy atom. The minimum Gasteiger partial charge on any atom is -0.467 e. The van der Waals surface area contributed by atoms with Crippen molar-refractivity contribution < 1.29 is 29.0 Å². The fraction of sp³-hybridized carbons (Fsp3) is 0.400. The monoisotopic (exact) mass is 639 g/mol. The van der Waals surface area contributed by atoms with Crippen LogP contribution in [0.15, 0.2) is 91.0 Å². The van der Waals surface area contributed by atoms with Crippen LogP contribution in [0, 0.1) is 13.8 Å². The Morgan fingerprint density at radius 3 is 2.09 bits per heavy atom. The average Bonchev–Trinajstić information content (AvgIpc) is 3.10. The molecule has 7 heteroatoms. The van der Waals surface area contributed by atoms with Gasteiger partial charge in [-0.1, -0.05) is 104 Å². The molecule has 0 aromatic heterocycles. The highest BCUT2D eigenvalue weighted by molar-refractivity contribution is 5.88. The van der Waals surface area contributed by atoms with Crippen molar-refractivity contribution in [1.29, 1.82) is 0 Å². The van der Waals surface area contributed by atoms with Crippen LogP contribution in [-0.4, -0.2) is 54.5 Å². The Labute approximate surface area is 279 Å². The zero-order chi connectivity index (χ0) is 33.4. The summed E-state index contributed by atoms with van der Waals surface area (Å²) in [4.78, 5) is 32.2. The molecule has 0 heterocycles. The van der Waals surface area contributed by atoms with E-state index in [1.54, 1.807) is 0 Å². The third-order valence-corrected chi connectivity index (χ3v) is 8.57. The van der Waals surface area contributed by atoms with E-state index in [9.17, 15) is 14.7 Å². The maximum absolute atomic E-state index is 13.8. The molecular weight excluding hydrogens is 590 g/mol. The van der Waals surface area contributed by atoms with Gasteiger partial charge in [0.25, 0.3) is 5.91 Å². The summed E-state index contributed by atoms with van der Waals surface area (Å²) >= 11 is 0. The minimum atomic E-state index is -1.77. The highest BCUT2D eigenvalue weighted by atomic mass is 16.7. The average molecular weight is 640 g/mol. The van der Waals surface area contributed by atoms with Crippen molar-refractivity contribution >= 4 is 22.6 Å². The standard InChI is InChI=1S/C40H49NO6/c1-30-21-22-32(27-31(30)2)15-10-6-14-26-46-38(37(42)40(44)45-3)39(43)41(47-29-34-17-7-4-8-18-34)25-13-5-9-16-33-23-24-35-19-11-12-20-36(35)28-33/h4,7-8,11-12,17-24,27-28,37-38,42H,5-6,9-10,13-16,25-26,29H2,1-3H3/t37-,38-/m1/s1. The first-order chi connectivity index (χ1) is 22.9. The van der Waals surface area contributed by atoms with Gasteiger partial charge in [0, 0.05) is 13.2 Å². The SMILES string of the molecule is COC(=O)[C@H](O)[C@@H](OCCCCCc1ccc(C)c(C)c1)C(=O)N(CCCCCc1ccc2ccccc2c1)OCc1ccccc1. The Kier molecular flexibility index (Phi) is 14.4. The molecular formula is C40H49NO6. The molecule has 0 unspecified atom stereocenters. The van der Waals surface area contributed by atoms with Gasteiger partial charge < -0.3 is 14.6 Å². The van der Waals surface area contributed by atoms with E-state index in [1.165, 1.54) is 45.2 Å².